The Labute approximate surface area is 153 Å². The lowest BCUT2D eigenvalue weighted by molar-refractivity contribution is 0.103. The van der Waals surface area contributed by atoms with Crippen molar-refractivity contribution in [3.63, 3.8) is 0 Å². The van der Waals surface area contributed by atoms with E-state index in [2.05, 4.69) is 10.3 Å². The molecule has 2 aromatic heterocycles. The molecule has 1 N–H and O–H groups in total. The third kappa shape index (κ3) is 3.16. The molecule has 6 heteroatoms. The van der Waals surface area contributed by atoms with Gasteiger partial charge >= 0.3 is 0 Å². The van der Waals surface area contributed by atoms with E-state index in [0.29, 0.717) is 15.6 Å². The largest absolute Gasteiger partial charge is 0.497 e. The minimum absolute atomic E-state index is 0.174. The first kappa shape index (κ1) is 15.9. The zero-order valence-corrected chi connectivity index (χ0v) is 14.8. The number of carbonyl (C=O) groups is 1. The third-order valence-corrected chi connectivity index (χ3v) is 5.09. The first-order valence-corrected chi connectivity index (χ1v) is 8.77. The topological polar surface area (TPSA) is 51.2 Å². The summed E-state index contributed by atoms with van der Waals surface area (Å²) < 4.78 is 5.25. The molecule has 0 unspecified atom stereocenters. The number of hydrogen-bond acceptors (Lipinski definition) is 4. The molecule has 4 rings (SSSR count). The van der Waals surface area contributed by atoms with Crippen molar-refractivity contribution in [2.24, 2.45) is 0 Å². The van der Waals surface area contributed by atoms with Gasteiger partial charge in [0.25, 0.3) is 5.91 Å². The van der Waals surface area contributed by atoms with Crippen molar-refractivity contribution in [1.82, 2.24) is 4.98 Å². The second-order valence-corrected chi connectivity index (χ2v) is 6.98. The Hall–Kier alpha value is -2.63. The fraction of sp³-hybridized carbons (Fsp3) is 0.0526. The number of aromatic nitrogens is 1. The molecule has 2 heterocycles. The molecule has 0 aliphatic carbocycles. The first-order chi connectivity index (χ1) is 12.1. The van der Waals surface area contributed by atoms with Gasteiger partial charge in [-0.1, -0.05) is 17.7 Å². The summed E-state index contributed by atoms with van der Waals surface area (Å²) in [7, 11) is 1.63. The van der Waals surface area contributed by atoms with Crippen LogP contribution in [0.25, 0.3) is 21.1 Å². The predicted octanol–water partition coefficient (Wildman–Crippen LogP) is 5.36. The van der Waals surface area contributed by atoms with Gasteiger partial charge in [0, 0.05) is 21.5 Å². The minimum Gasteiger partial charge on any atom is -0.497 e. The Balaban J connectivity index is 1.70. The minimum atomic E-state index is -0.174. The molecule has 2 aromatic carbocycles. The van der Waals surface area contributed by atoms with Gasteiger partial charge in [-0.05, 0) is 48.5 Å². The molecule has 0 aliphatic rings. The summed E-state index contributed by atoms with van der Waals surface area (Å²) >= 11 is 7.32. The van der Waals surface area contributed by atoms with Gasteiger partial charge in [0.05, 0.1) is 17.5 Å². The van der Waals surface area contributed by atoms with E-state index in [1.807, 2.05) is 30.3 Å². The smallest absolute Gasteiger partial charge is 0.265 e. The molecule has 0 atom stereocenters. The van der Waals surface area contributed by atoms with Crippen LogP contribution < -0.4 is 10.1 Å². The molecule has 4 aromatic rings. The normalized spacial score (nSPS) is 11.0. The highest BCUT2D eigenvalue weighted by atomic mass is 35.5. The SMILES string of the molecule is COc1ccc2nc3sc(C(=O)Nc4cccc(Cl)c4)cc3cc2c1. The van der Waals surface area contributed by atoms with Crippen LogP contribution in [0.15, 0.2) is 54.6 Å². The standard InChI is InChI=1S/C19H13ClN2O2S/c1-24-15-5-6-16-11(8-15)7-12-9-17(25-19(12)22-16)18(23)21-14-4-2-3-13(20)10-14/h2-10H,1H3,(H,21,23). The summed E-state index contributed by atoms with van der Waals surface area (Å²) in [6.07, 6.45) is 0. The maximum absolute atomic E-state index is 12.5. The summed E-state index contributed by atoms with van der Waals surface area (Å²) in [5.74, 6) is 0.606. The molecule has 0 saturated heterocycles. The number of hydrogen-bond donors (Lipinski definition) is 1. The Bertz CT molecular complexity index is 1110. The summed E-state index contributed by atoms with van der Waals surface area (Å²) in [5, 5.41) is 5.35. The van der Waals surface area contributed by atoms with Crippen molar-refractivity contribution in [1.29, 1.82) is 0 Å². The van der Waals surface area contributed by atoms with E-state index in [1.165, 1.54) is 11.3 Å². The Morgan fingerprint density at radius 2 is 2.00 bits per heavy atom. The van der Waals surface area contributed by atoms with Gasteiger partial charge in [-0.3, -0.25) is 4.79 Å². The maximum Gasteiger partial charge on any atom is 0.265 e. The number of pyridine rings is 1. The van der Waals surface area contributed by atoms with Crippen molar-refractivity contribution in [3.05, 3.63) is 64.5 Å². The van der Waals surface area contributed by atoms with Gasteiger partial charge in [0.1, 0.15) is 10.6 Å². The van der Waals surface area contributed by atoms with E-state index in [9.17, 15) is 4.79 Å². The molecule has 25 heavy (non-hydrogen) atoms. The van der Waals surface area contributed by atoms with E-state index >= 15 is 0 Å². The van der Waals surface area contributed by atoms with Crippen LogP contribution in [0.4, 0.5) is 5.69 Å². The van der Waals surface area contributed by atoms with Gasteiger partial charge < -0.3 is 10.1 Å². The first-order valence-electron chi connectivity index (χ1n) is 7.58. The van der Waals surface area contributed by atoms with Crippen molar-refractivity contribution >= 4 is 55.7 Å². The van der Waals surface area contributed by atoms with Crippen LogP contribution in [-0.4, -0.2) is 18.0 Å². The molecule has 0 bridgehead atoms. The van der Waals surface area contributed by atoms with Gasteiger partial charge in [-0.25, -0.2) is 4.98 Å². The number of nitrogens with zero attached hydrogens (tertiary/aromatic N) is 1. The molecule has 4 nitrogen and oxygen atoms in total. The lowest BCUT2D eigenvalue weighted by atomic mass is 10.2. The average Bonchev–Trinajstić information content (AvgIpc) is 3.02. The number of nitrogens with one attached hydrogen (secondary N) is 1. The van der Waals surface area contributed by atoms with Gasteiger partial charge in [0.2, 0.25) is 0 Å². The van der Waals surface area contributed by atoms with E-state index in [0.717, 1.165) is 26.9 Å². The van der Waals surface area contributed by atoms with Crippen LogP contribution in [0.1, 0.15) is 9.67 Å². The summed E-state index contributed by atoms with van der Waals surface area (Å²) in [6, 6.07) is 16.7. The summed E-state index contributed by atoms with van der Waals surface area (Å²) in [4.78, 5) is 18.6. The fourth-order valence-corrected chi connectivity index (χ4v) is 3.72. The zero-order valence-electron chi connectivity index (χ0n) is 13.2. The number of anilines is 1. The molecule has 0 aliphatic heterocycles. The van der Waals surface area contributed by atoms with Crippen molar-refractivity contribution in [2.75, 3.05) is 12.4 Å². The Morgan fingerprint density at radius 3 is 2.80 bits per heavy atom. The van der Waals surface area contributed by atoms with E-state index < -0.39 is 0 Å². The van der Waals surface area contributed by atoms with E-state index in [4.69, 9.17) is 16.3 Å². The molecule has 1 amide bonds. The van der Waals surface area contributed by atoms with E-state index in [1.54, 1.807) is 31.4 Å². The van der Waals surface area contributed by atoms with Crippen molar-refractivity contribution in [3.8, 4) is 5.75 Å². The number of carbonyl (C=O) groups excluding carboxylic acids is 1. The van der Waals surface area contributed by atoms with Gasteiger partial charge in [0.15, 0.2) is 0 Å². The second-order valence-electron chi connectivity index (χ2n) is 5.52. The average molecular weight is 369 g/mol. The van der Waals surface area contributed by atoms with E-state index in [-0.39, 0.29) is 5.91 Å². The van der Waals surface area contributed by atoms with Gasteiger partial charge in [-0.2, -0.15) is 0 Å². The Morgan fingerprint density at radius 1 is 1.12 bits per heavy atom. The van der Waals surface area contributed by atoms with Crippen LogP contribution in [-0.2, 0) is 0 Å². The molecule has 0 radical (unpaired) electrons. The Kier molecular flexibility index (Phi) is 4.03. The highest BCUT2D eigenvalue weighted by Gasteiger charge is 2.12. The number of methoxy groups -OCH3 is 1. The highest BCUT2D eigenvalue weighted by Crippen LogP contribution is 2.29. The highest BCUT2D eigenvalue weighted by molar-refractivity contribution is 7.20. The van der Waals surface area contributed by atoms with Crippen LogP contribution in [0, 0.1) is 0 Å². The van der Waals surface area contributed by atoms with Crippen molar-refractivity contribution in [2.45, 2.75) is 0 Å². The summed E-state index contributed by atoms with van der Waals surface area (Å²) in [6.45, 7) is 0. The number of amides is 1. The molecular weight excluding hydrogens is 356 g/mol. The number of benzene rings is 2. The second kappa shape index (κ2) is 6.35. The quantitative estimate of drug-likeness (QED) is 0.529. The molecule has 0 fully saturated rings. The molecular formula is C19H13ClN2O2S. The van der Waals surface area contributed by atoms with Gasteiger partial charge in [-0.15, -0.1) is 11.3 Å². The number of halogens is 1. The number of fused-ring (bicyclic) bond motifs is 2. The predicted molar refractivity (Wildman–Crippen MR) is 103 cm³/mol. The maximum atomic E-state index is 12.5. The lowest BCUT2D eigenvalue weighted by Gasteiger charge is -2.03. The van der Waals surface area contributed by atoms with Crippen LogP contribution in [0.5, 0.6) is 5.75 Å². The van der Waals surface area contributed by atoms with Crippen LogP contribution >= 0.6 is 22.9 Å². The molecule has 0 spiro atoms. The van der Waals surface area contributed by atoms with Crippen LogP contribution in [0.2, 0.25) is 5.02 Å². The number of thiophene rings is 1. The molecule has 0 saturated carbocycles. The monoisotopic (exact) mass is 368 g/mol. The number of ether oxygens (including phenoxy) is 1. The van der Waals surface area contributed by atoms with Crippen molar-refractivity contribution < 1.29 is 9.53 Å². The molecule has 124 valence electrons. The third-order valence-electron chi connectivity index (χ3n) is 3.81. The number of rotatable bonds is 3. The zero-order chi connectivity index (χ0) is 17.4. The van der Waals surface area contributed by atoms with Crippen LogP contribution in [0.3, 0.4) is 0 Å². The lowest BCUT2D eigenvalue weighted by Crippen LogP contribution is -2.09. The fourth-order valence-electron chi connectivity index (χ4n) is 2.61. The summed E-state index contributed by atoms with van der Waals surface area (Å²) in [5.41, 5.74) is 1.54.